The normalized spacial score (nSPS) is 10.6. The number of aromatic nitrogens is 1. The van der Waals surface area contributed by atoms with Gasteiger partial charge >= 0.3 is 0 Å². The van der Waals surface area contributed by atoms with E-state index in [4.69, 9.17) is 16.7 Å². The van der Waals surface area contributed by atoms with Crippen molar-refractivity contribution in [3.05, 3.63) is 23.3 Å². The molecule has 0 radical (unpaired) electrons. The number of alkyl halides is 2. The van der Waals surface area contributed by atoms with Crippen molar-refractivity contribution in [2.45, 2.75) is 6.43 Å². The lowest BCUT2D eigenvalue weighted by atomic mass is 10.2. The lowest BCUT2D eigenvalue weighted by molar-refractivity contribution is 0.107. The molecule has 76 valence electrons. The highest BCUT2D eigenvalue weighted by atomic mass is 35.5. The van der Waals surface area contributed by atoms with Crippen molar-refractivity contribution in [3.63, 3.8) is 0 Å². The van der Waals surface area contributed by atoms with Gasteiger partial charge in [-0.3, -0.25) is 4.79 Å². The number of aromatic hydroxyl groups is 1. The van der Waals surface area contributed by atoms with Crippen molar-refractivity contribution in [1.29, 1.82) is 0 Å². The van der Waals surface area contributed by atoms with Gasteiger partial charge in [-0.25, -0.2) is 18.2 Å². The van der Waals surface area contributed by atoms with Gasteiger partial charge in [0.15, 0.2) is 17.3 Å². The molecule has 0 atom stereocenters. The van der Waals surface area contributed by atoms with E-state index in [0.717, 1.165) is 0 Å². The quantitative estimate of drug-likeness (QED) is 0.786. The maximum Gasteiger partial charge on any atom is 0.284 e. The second-order valence-corrected chi connectivity index (χ2v) is 2.64. The molecule has 1 aromatic heterocycles. The zero-order valence-electron chi connectivity index (χ0n) is 6.47. The molecule has 0 aromatic carbocycles. The average molecular weight is 226 g/mol. The first-order valence-electron chi connectivity index (χ1n) is 3.31. The van der Waals surface area contributed by atoms with Crippen molar-refractivity contribution in [2.75, 3.05) is 0 Å². The summed E-state index contributed by atoms with van der Waals surface area (Å²) >= 11 is 4.91. The Morgan fingerprint density at radius 1 is 1.57 bits per heavy atom. The molecule has 14 heavy (non-hydrogen) atoms. The largest absolute Gasteiger partial charge is 0.503 e. The molecular weight excluding hydrogens is 223 g/mol. The van der Waals surface area contributed by atoms with Crippen molar-refractivity contribution in [1.82, 2.24) is 4.98 Å². The minimum atomic E-state index is -3.18. The van der Waals surface area contributed by atoms with Gasteiger partial charge in [-0.15, -0.1) is 0 Å². The van der Waals surface area contributed by atoms with Crippen LogP contribution in [-0.2, 0) is 0 Å². The van der Waals surface area contributed by atoms with Crippen LogP contribution in [0.3, 0.4) is 0 Å². The molecule has 0 aliphatic carbocycles. The third-order valence-electron chi connectivity index (χ3n) is 1.38. The summed E-state index contributed by atoms with van der Waals surface area (Å²) in [5.41, 5.74) is -1.87. The van der Waals surface area contributed by atoms with Gasteiger partial charge in [0.2, 0.25) is 0 Å². The summed E-state index contributed by atoms with van der Waals surface area (Å²) in [5, 5.41) is 7.63. The molecule has 1 N–H and O–H groups in total. The highest BCUT2D eigenvalue weighted by Crippen LogP contribution is 2.29. The maximum absolute atomic E-state index is 12.7. The summed E-state index contributed by atoms with van der Waals surface area (Å²) in [6.07, 6.45) is -3.18. The summed E-state index contributed by atoms with van der Waals surface area (Å²) in [4.78, 5) is 13.5. The van der Waals surface area contributed by atoms with E-state index in [1.165, 1.54) is 0 Å². The van der Waals surface area contributed by atoms with Crippen LogP contribution in [0.1, 0.15) is 22.6 Å². The molecule has 1 rings (SSSR count). The van der Waals surface area contributed by atoms with Gasteiger partial charge < -0.3 is 5.11 Å². The molecule has 0 unspecified atom stereocenters. The fourth-order valence-corrected chi connectivity index (χ4v) is 0.875. The van der Waals surface area contributed by atoms with Crippen LogP contribution in [0.4, 0.5) is 13.2 Å². The van der Waals surface area contributed by atoms with Gasteiger partial charge in [-0.2, -0.15) is 0 Å². The van der Waals surface area contributed by atoms with E-state index in [2.05, 4.69) is 4.98 Å². The molecule has 1 aromatic rings. The third kappa shape index (κ3) is 1.95. The molecule has 0 fully saturated rings. The van der Waals surface area contributed by atoms with Gasteiger partial charge in [0, 0.05) is 6.07 Å². The van der Waals surface area contributed by atoms with Crippen molar-refractivity contribution in [3.8, 4) is 5.75 Å². The molecule has 0 aliphatic rings. The Morgan fingerprint density at radius 2 is 2.14 bits per heavy atom. The van der Waals surface area contributed by atoms with Gasteiger partial charge in [0.05, 0.1) is 0 Å². The SMILES string of the molecule is O=C(Cl)c1cc(F)c(O)c(C(F)F)n1. The van der Waals surface area contributed by atoms with Crippen LogP contribution >= 0.6 is 11.6 Å². The van der Waals surface area contributed by atoms with Crippen LogP contribution in [0.2, 0.25) is 0 Å². The Labute approximate surface area is 81.1 Å². The van der Waals surface area contributed by atoms with Crippen LogP contribution in [0.5, 0.6) is 5.75 Å². The summed E-state index contributed by atoms with van der Waals surface area (Å²) in [6.45, 7) is 0. The first-order valence-corrected chi connectivity index (χ1v) is 3.68. The van der Waals surface area contributed by atoms with E-state index in [-0.39, 0.29) is 0 Å². The lowest BCUT2D eigenvalue weighted by Gasteiger charge is -2.04. The molecule has 0 amide bonds. The van der Waals surface area contributed by atoms with Crippen LogP contribution in [0.15, 0.2) is 6.07 Å². The average Bonchev–Trinajstić information content (AvgIpc) is 2.08. The number of pyridine rings is 1. The summed E-state index contributed by atoms with van der Waals surface area (Å²) in [7, 11) is 0. The zero-order valence-corrected chi connectivity index (χ0v) is 7.23. The number of rotatable bonds is 2. The minimum absolute atomic E-state index is 0.483. The monoisotopic (exact) mass is 225 g/mol. The Morgan fingerprint density at radius 3 is 2.57 bits per heavy atom. The Kier molecular flexibility index (Phi) is 2.95. The lowest BCUT2D eigenvalue weighted by Crippen LogP contribution is -2.01. The van der Waals surface area contributed by atoms with Crippen LogP contribution < -0.4 is 0 Å². The van der Waals surface area contributed by atoms with E-state index >= 15 is 0 Å². The number of hydrogen-bond donors (Lipinski definition) is 1. The van der Waals surface area contributed by atoms with Gasteiger partial charge in [0.25, 0.3) is 11.7 Å². The van der Waals surface area contributed by atoms with Crippen molar-refractivity contribution < 1.29 is 23.1 Å². The molecule has 0 saturated heterocycles. The van der Waals surface area contributed by atoms with Crippen LogP contribution in [0, 0.1) is 5.82 Å². The zero-order chi connectivity index (χ0) is 10.9. The standard InChI is InChI=1S/C7H3ClF3NO2/c8-6(14)3-1-2(9)5(13)4(12-3)7(10)11/h1,7,13H. The molecule has 0 aliphatic heterocycles. The number of nitrogens with zero attached hydrogens (tertiary/aromatic N) is 1. The first-order chi connectivity index (χ1) is 6.43. The smallest absolute Gasteiger partial charge is 0.284 e. The van der Waals surface area contributed by atoms with E-state index in [1.807, 2.05) is 0 Å². The molecule has 0 spiro atoms. The van der Waals surface area contributed by atoms with E-state index in [9.17, 15) is 18.0 Å². The Hall–Kier alpha value is -1.30. The molecule has 0 saturated carbocycles. The van der Waals surface area contributed by atoms with Crippen molar-refractivity contribution >= 4 is 16.8 Å². The van der Waals surface area contributed by atoms with Crippen LogP contribution in [-0.4, -0.2) is 15.3 Å². The molecule has 1 heterocycles. The Balaban J connectivity index is 3.35. The highest BCUT2D eigenvalue weighted by Gasteiger charge is 2.21. The first kappa shape index (κ1) is 10.8. The van der Waals surface area contributed by atoms with Gasteiger partial charge in [0.1, 0.15) is 5.69 Å². The molecular formula is C7H3ClF3NO2. The third-order valence-corrected chi connectivity index (χ3v) is 1.57. The predicted octanol–water partition coefficient (Wildman–Crippen LogP) is 2.24. The number of halogens is 4. The topological polar surface area (TPSA) is 50.2 Å². The second-order valence-electron chi connectivity index (χ2n) is 2.30. The van der Waals surface area contributed by atoms with E-state index in [0.29, 0.717) is 6.07 Å². The predicted molar refractivity (Wildman–Crippen MR) is 41.0 cm³/mol. The summed E-state index contributed by atoms with van der Waals surface area (Å²) < 4.78 is 36.9. The van der Waals surface area contributed by atoms with E-state index < -0.39 is 34.6 Å². The molecule has 3 nitrogen and oxygen atoms in total. The van der Waals surface area contributed by atoms with Crippen molar-refractivity contribution in [2.24, 2.45) is 0 Å². The second kappa shape index (κ2) is 3.83. The molecule has 0 bridgehead atoms. The summed E-state index contributed by atoms with van der Waals surface area (Å²) in [5.74, 6) is -2.64. The van der Waals surface area contributed by atoms with E-state index in [1.54, 1.807) is 0 Å². The fourth-order valence-electron chi connectivity index (χ4n) is 0.779. The van der Waals surface area contributed by atoms with Crippen LogP contribution in [0.25, 0.3) is 0 Å². The number of carbonyl (C=O) groups excluding carboxylic acids is 1. The number of carbonyl (C=O) groups is 1. The fraction of sp³-hybridized carbons (Fsp3) is 0.143. The minimum Gasteiger partial charge on any atom is -0.503 e. The van der Waals surface area contributed by atoms with Gasteiger partial charge in [-0.05, 0) is 11.6 Å². The molecule has 7 heteroatoms. The number of hydrogen-bond acceptors (Lipinski definition) is 3. The highest BCUT2D eigenvalue weighted by molar-refractivity contribution is 6.67. The van der Waals surface area contributed by atoms with Gasteiger partial charge in [-0.1, -0.05) is 0 Å². The Bertz CT molecular complexity index is 383. The summed E-state index contributed by atoms with van der Waals surface area (Å²) in [6, 6.07) is 0.483. The maximum atomic E-state index is 12.7.